The largest absolute Gasteiger partial charge is 0.497 e. The number of hydrogen-bond acceptors (Lipinski definition) is 5. The first-order valence-corrected chi connectivity index (χ1v) is 18.6. The van der Waals surface area contributed by atoms with Gasteiger partial charge in [-0.15, -0.1) is 0 Å². The van der Waals surface area contributed by atoms with Crippen LogP contribution < -0.4 is 14.8 Å². The second-order valence-electron chi connectivity index (χ2n) is 12.5. The highest BCUT2D eigenvalue weighted by Crippen LogP contribution is 2.45. The van der Waals surface area contributed by atoms with Gasteiger partial charge in [-0.2, -0.15) is 13.2 Å². The molecule has 0 radical (unpaired) electrons. The predicted molar refractivity (Wildman–Crippen MR) is 206 cm³/mol. The molecular weight excluding hydrogens is 804 g/mol. The van der Waals surface area contributed by atoms with Crippen LogP contribution in [0.1, 0.15) is 50.2 Å². The number of nitrogens with one attached hydrogen (secondary N) is 1. The minimum Gasteiger partial charge on any atom is -0.497 e. The van der Waals surface area contributed by atoms with Crippen LogP contribution in [0.3, 0.4) is 0 Å². The van der Waals surface area contributed by atoms with Gasteiger partial charge in [0.2, 0.25) is 0 Å². The van der Waals surface area contributed by atoms with Gasteiger partial charge >= 0.3 is 6.18 Å². The number of piperidine rings is 1. The molecule has 0 aromatic heterocycles. The SMILES string of the molecule is CCCCC(O)[C@@H]1CCCNC1.COC1=C[C@](Oc2ccccc2I)(c2ccccc2Oc2ccccc2F)C(F)C=C1.FC(F)(F)c1ccccc1. The Morgan fingerprint density at radius 2 is 1.55 bits per heavy atom. The van der Waals surface area contributed by atoms with Crippen LogP contribution in [0.15, 0.2) is 127 Å². The summed E-state index contributed by atoms with van der Waals surface area (Å²) in [6, 6.07) is 26.6. The number of hydrogen-bond donors (Lipinski definition) is 2. The van der Waals surface area contributed by atoms with Gasteiger partial charge in [-0.25, -0.2) is 8.78 Å². The summed E-state index contributed by atoms with van der Waals surface area (Å²) in [6.07, 6.45) is 4.50. The lowest BCUT2D eigenvalue weighted by molar-refractivity contribution is -0.137. The number of benzene rings is 4. The summed E-state index contributed by atoms with van der Waals surface area (Å²) < 4.78 is 83.7. The van der Waals surface area contributed by atoms with E-state index in [-0.39, 0.29) is 17.6 Å². The lowest BCUT2D eigenvalue weighted by Gasteiger charge is -2.37. The maximum absolute atomic E-state index is 15.7. The fourth-order valence-electron chi connectivity index (χ4n) is 5.87. The Bertz CT molecular complexity index is 1760. The third kappa shape index (κ3) is 12.0. The molecule has 2 unspecified atom stereocenters. The second-order valence-corrected chi connectivity index (χ2v) is 13.7. The molecule has 6 rings (SSSR count). The van der Waals surface area contributed by atoms with Gasteiger partial charge in [0, 0.05) is 18.2 Å². The van der Waals surface area contributed by atoms with E-state index in [9.17, 15) is 22.7 Å². The molecule has 5 nitrogen and oxygen atoms in total. The van der Waals surface area contributed by atoms with Crippen LogP contribution in [0.4, 0.5) is 22.0 Å². The Morgan fingerprint density at radius 3 is 2.15 bits per heavy atom. The van der Waals surface area contributed by atoms with Crippen LogP contribution >= 0.6 is 22.6 Å². The number of allylic oxidation sites excluding steroid dienone is 1. The highest BCUT2D eigenvalue weighted by Gasteiger charge is 2.46. The summed E-state index contributed by atoms with van der Waals surface area (Å²) in [7, 11) is 1.51. The van der Waals surface area contributed by atoms with Gasteiger partial charge in [0.25, 0.3) is 0 Å². The van der Waals surface area contributed by atoms with Crippen molar-refractivity contribution in [3.8, 4) is 17.2 Å². The van der Waals surface area contributed by atoms with Gasteiger partial charge in [-0.05, 0) is 96.8 Å². The van der Waals surface area contributed by atoms with E-state index in [1.165, 1.54) is 56.7 Å². The highest BCUT2D eigenvalue weighted by atomic mass is 127. The van der Waals surface area contributed by atoms with Gasteiger partial charge in [0.05, 0.1) is 22.3 Å². The third-order valence-corrected chi connectivity index (χ3v) is 9.64. The number of alkyl halides is 4. The molecule has 4 atom stereocenters. The predicted octanol–water partition coefficient (Wildman–Crippen LogP) is 11.2. The molecule has 1 heterocycles. The molecule has 1 aliphatic heterocycles. The van der Waals surface area contributed by atoms with Crippen molar-refractivity contribution < 1.29 is 41.3 Å². The zero-order valence-electron chi connectivity index (χ0n) is 29.7. The summed E-state index contributed by atoms with van der Waals surface area (Å²) in [5.74, 6) is 1.28. The Kier molecular flexibility index (Phi) is 16.2. The van der Waals surface area contributed by atoms with Gasteiger partial charge < -0.3 is 24.6 Å². The summed E-state index contributed by atoms with van der Waals surface area (Å²) in [5.41, 5.74) is -1.78. The molecule has 11 heteroatoms. The fourth-order valence-corrected chi connectivity index (χ4v) is 6.37. The molecule has 284 valence electrons. The van der Waals surface area contributed by atoms with Gasteiger partial charge in [0.1, 0.15) is 17.3 Å². The Labute approximate surface area is 322 Å². The number of halogens is 6. The lowest BCUT2D eigenvalue weighted by Crippen LogP contribution is -2.42. The Morgan fingerprint density at radius 1 is 0.906 bits per heavy atom. The van der Waals surface area contributed by atoms with Crippen molar-refractivity contribution in [2.75, 3.05) is 20.2 Å². The lowest BCUT2D eigenvalue weighted by atomic mass is 9.84. The van der Waals surface area contributed by atoms with E-state index in [0.29, 0.717) is 23.0 Å². The first kappa shape index (κ1) is 41.8. The van der Waals surface area contributed by atoms with E-state index in [0.717, 1.165) is 41.6 Å². The van der Waals surface area contributed by atoms with E-state index < -0.39 is 29.3 Å². The summed E-state index contributed by atoms with van der Waals surface area (Å²) in [5, 5.41) is 13.1. The zero-order valence-corrected chi connectivity index (χ0v) is 31.8. The number of ether oxygens (including phenoxy) is 3. The van der Waals surface area contributed by atoms with Gasteiger partial charge in [-0.3, -0.25) is 0 Å². The molecule has 4 aromatic rings. The standard InChI is InChI=1S/C25H19F2IO3.C10H21NO.C7H5F3/c1-29-17-14-15-24(27)25(16-17,31-23-13-7-4-10-20(23)28)18-8-2-5-11-21(18)30-22-12-6-3-9-19(22)26;1-2-3-6-10(12)9-5-4-7-11-8-9;8-7(9,10)6-4-2-1-3-5-6/h2-16,24H,1H3;9-12H,2-8H2,1H3;1-5H/t24?,25-;9-,10?;/m01./s1. The van der Waals surface area contributed by atoms with Crippen LogP contribution in [-0.2, 0) is 16.5 Å². The molecule has 53 heavy (non-hydrogen) atoms. The highest BCUT2D eigenvalue weighted by molar-refractivity contribution is 14.1. The molecule has 4 aromatic carbocycles. The first-order chi connectivity index (χ1) is 25.5. The Balaban J connectivity index is 0.000000232. The van der Waals surface area contributed by atoms with E-state index in [1.54, 1.807) is 60.7 Å². The zero-order chi connectivity index (χ0) is 38.3. The molecule has 0 spiro atoms. The van der Waals surface area contributed by atoms with Crippen LogP contribution in [0.25, 0.3) is 0 Å². The minimum atomic E-state index is -4.21. The van der Waals surface area contributed by atoms with E-state index in [4.69, 9.17) is 14.2 Å². The van der Waals surface area contributed by atoms with Crippen molar-refractivity contribution >= 4 is 22.6 Å². The van der Waals surface area contributed by atoms with Crippen molar-refractivity contribution in [2.45, 2.75) is 63.1 Å². The fraction of sp³-hybridized carbons (Fsp3) is 0.333. The van der Waals surface area contributed by atoms with Crippen LogP contribution in [0.2, 0.25) is 0 Å². The number of para-hydroxylation sites is 3. The monoisotopic (exact) mass is 849 g/mol. The topological polar surface area (TPSA) is 60.0 Å². The molecule has 1 fully saturated rings. The van der Waals surface area contributed by atoms with Crippen molar-refractivity contribution in [1.29, 1.82) is 0 Å². The number of methoxy groups -OCH3 is 1. The van der Waals surface area contributed by atoms with E-state index in [1.807, 2.05) is 18.2 Å². The van der Waals surface area contributed by atoms with Crippen molar-refractivity contribution in [1.82, 2.24) is 5.32 Å². The van der Waals surface area contributed by atoms with Gasteiger partial charge in [0.15, 0.2) is 23.3 Å². The van der Waals surface area contributed by atoms with Crippen LogP contribution in [0, 0.1) is 15.3 Å². The average molecular weight is 850 g/mol. The number of rotatable bonds is 10. The maximum atomic E-state index is 15.7. The number of aliphatic hydroxyl groups excluding tert-OH is 1. The summed E-state index contributed by atoms with van der Waals surface area (Å²) in [6.45, 7) is 4.33. The molecule has 0 amide bonds. The van der Waals surface area contributed by atoms with Crippen LogP contribution in [0.5, 0.6) is 17.2 Å². The van der Waals surface area contributed by atoms with Crippen LogP contribution in [-0.4, -0.2) is 37.6 Å². The first-order valence-electron chi connectivity index (χ1n) is 17.5. The Hall–Kier alpha value is -3.94. The quantitative estimate of drug-likeness (QED) is 0.123. The summed E-state index contributed by atoms with van der Waals surface area (Å²) >= 11 is 2.14. The molecule has 2 N–H and O–H groups in total. The number of aliphatic hydroxyl groups is 1. The minimum absolute atomic E-state index is 0.0390. The van der Waals surface area contributed by atoms with Crippen molar-refractivity contribution in [3.05, 3.63) is 148 Å². The third-order valence-electron chi connectivity index (χ3n) is 8.75. The van der Waals surface area contributed by atoms with E-state index >= 15 is 4.39 Å². The smallest absolute Gasteiger partial charge is 0.416 e. The maximum Gasteiger partial charge on any atom is 0.416 e. The molecule has 0 saturated carbocycles. The molecule has 2 aliphatic rings. The van der Waals surface area contributed by atoms with Crippen molar-refractivity contribution in [3.63, 3.8) is 0 Å². The second kappa shape index (κ2) is 20.5. The van der Waals surface area contributed by atoms with E-state index in [2.05, 4.69) is 34.8 Å². The summed E-state index contributed by atoms with van der Waals surface area (Å²) in [4.78, 5) is 0. The normalized spacial score (nSPS) is 20.1. The van der Waals surface area contributed by atoms with Gasteiger partial charge in [-0.1, -0.05) is 92.6 Å². The average Bonchev–Trinajstić information content (AvgIpc) is 3.17. The molecule has 1 aliphatic carbocycles. The molecule has 1 saturated heterocycles. The molecular formula is C42H45F5INO4. The molecule has 0 bridgehead atoms. The van der Waals surface area contributed by atoms with Crippen molar-refractivity contribution in [2.24, 2.45) is 5.92 Å². The number of unbranched alkanes of at least 4 members (excludes halogenated alkanes) is 1.